The Labute approximate surface area is 162 Å². The van der Waals surface area contributed by atoms with Crippen molar-refractivity contribution in [2.45, 2.75) is 48.5 Å². The van der Waals surface area contributed by atoms with Gasteiger partial charge in [0, 0.05) is 18.6 Å². The number of carbonyl (C=O) groups is 1. The quantitative estimate of drug-likeness (QED) is 0.513. The lowest BCUT2D eigenvalue weighted by Gasteiger charge is -2.34. The van der Waals surface area contributed by atoms with Gasteiger partial charge in [-0.15, -0.1) is 16.8 Å². The molecular formula is C16H24N4O3S3. The molecule has 7 nitrogen and oxygen atoms in total. The first-order valence-electron chi connectivity index (χ1n) is 8.81. The molecule has 26 heavy (non-hydrogen) atoms. The second kappa shape index (κ2) is 8.71. The summed E-state index contributed by atoms with van der Waals surface area (Å²) < 4.78 is 24.5. The van der Waals surface area contributed by atoms with E-state index in [9.17, 15) is 13.2 Å². The smallest absolute Gasteiger partial charge is 0.233 e. The number of hydrogen-bond donors (Lipinski definition) is 1. The van der Waals surface area contributed by atoms with E-state index >= 15 is 0 Å². The van der Waals surface area contributed by atoms with Gasteiger partial charge in [-0.2, -0.15) is 0 Å². The van der Waals surface area contributed by atoms with E-state index in [0.29, 0.717) is 18.1 Å². The molecule has 2 fully saturated rings. The number of hydrogen-bond acceptors (Lipinski definition) is 8. The predicted octanol–water partition coefficient (Wildman–Crippen LogP) is 2.19. The summed E-state index contributed by atoms with van der Waals surface area (Å²) in [5, 5.41) is 11.9. The molecular weight excluding hydrogens is 392 g/mol. The van der Waals surface area contributed by atoms with Gasteiger partial charge in [-0.1, -0.05) is 42.0 Å². The maximum absolute atomic E-state index is 12.9. The molecule has 2 aliphatic rings. The molecule has 1 aliphatic carbocycles. The summed E-state index contributed by atoms with van der Waals surface area (Å²) in [6, 6.07) is 0.0103. The zero-order chi connectivity index (χ0) is 18.6. The second-order valence-electron chi connectivity index (χ2n) is 6.63. The van der Waals surface area contributed by atoms with Crippen LogP contribution in [0.15, 0.2) is 17.0 Å². The fourth-order valence-electron chi connectivity index (χ4n) is 3.58. The van der Waals surface area contributed by atoms with Gasteiger partial charge in [-0.25, -0.2) is 8.42 Å². The average molecular weight is 417 g/mol. The molecule has 1 N–H and O–H groups in total. The summed E-state index contributed by atoms with van der Waals surface area (Å²) in [6.07, 6.45) is 6.46. The van der Waals surface area contributed by atoms with Crippen molar-refractivity contribution in [3.05, 3.63) is 12.7 Å². The minimum atomic E-state index is -3.01. The van der Waals surface area contributed by atoms with Gasteiger partial charge in [0.05, 0.1) is 17.3 Å². The van der Waals surface area contributed by atoms with E-state index in [1.165, 1.54) is 23.1 Å². The van der Waals surface area contributed by atoms with Gasteiger partial charge in [0.15, 0.2) is 14.2 Å². The van der Waals surface area contributed by atoms with Crippen LogP contribution in [0, 0.1) is 0 Å². The third kappa shape index (κ3) is 4.98. The number of nitrogens with zero attached hydrogens (tertiary/aromatic N) is 3. The molecule has 144 valence electrons. The molecule has 2 heterocycles. The Hall–Kier alpha value is -1.13. The number of nitrogens with one attached hydrogen (secondary N) is 1. The minimum absolute atomic E-state index is 0.0137. The molecule has 10 heteroatoms. The highest BCUT2D eigenvalue weighted by Crippen LogP contribution is 2.31. The van der Waals surface area contributed by atoms with Crippen molar-refractivity contribution in [3.63, 3.8) is 0 Å². The lowest BCUT2D eigenvalue weighted by Crippen LogP contribution is -2.47. The first-order valence-corrected chi connectivity index (χ1v) is 12.4. The SMILES string of the molecule is C=CCNc1nnc(SCC(=O)N(C2CCCC2)[C@H]2CCS(=O)(=O)C2)s1. The van der Waals surface area contributed by atoms with E-state index in [4.69, 9.17) is 0 Å². The Kier molecular flexibility index (Phi) is 6.57. The summed E-state index contributed by atoms with van der Waals surface area (Å²) in [5.41, 5.74) is 0. The topological polar surface area (TPSA) is 92.3 Å². The molecule has 1 aromatic rings. The number of anilines is 1. The Morgan fingerprint density at radius 2 is 2.08 bits per heavy atom. The largest absolute Gasteiger partial charge is 0.357 e. The van der Waals surface area contributed by atoms with E-state index in [-0.39, 0.29) is 35.2 Å². The molecule has 1 aliphatic heterocycles. The van der Waals surface area contributed by atoms with Crippen LogP contribution in [0.1, 0.15) is 32.1 Å². The Morgan fingerprint density at radius 3 is 2.73 bits per heavy atom. The van der Waals surface area contributed by atoms with Crippen LogP contribution in [0.3, 0.4) is 0 Å². The number of carbonyl (C=O) groups excluding carboxylic acids is 1. The highest BCUT2D eigenvalue weighted by molar-refractivity contribution is 8.01. The van der Waals surface area contributed by atoms with E-state index < -0.39 is 9.84 Å². The first-order chi connectivity index (χ1) is 12.5. The molecule has 1 atom stereocenters. The van der Waals surface area contributed by atoms with Crippen LogP contribution in [0.4, 0.5) is 5.13 Å². The monoisotopic (exact) mass is 416 g/mol. The van der Waals surface area contributed by atoms with Crippen molar-refractivity contribution in [2.75, 3.05) is 29.1 Å². The number of amides is 1. The van der Waals surface area contributed by atoms with Gasteiger partial charge in [-0.3, -0.25) is 4.79 Å². The molecule has 0 aromatic carbocycles. The molecule has 0 radical (unpaired) electrons. The predicted molar refractivity (Wildman–Crippen MR) is 105 cm³/mol. The van der Waals surface area contributed by atoms with Crippen molar-refractivity contribution in [2.24, 2.45) is 0 Å². The normalized spacial score (nSPS) is 22.4. The third-order valence-corrected chi connectivity index (χ3v) is 8.48. The van der Waals surface area contributed by atoms with Crippen LogP contribution in [-0.4, -0.2) is 65.3 Å². The van der Waals surface area contributed by atoms with Crippen LogP contribution in [0.5, 0.6) is 0 Å². The van der Waals surface area contributed by atoms with Crippen molar-refractivity contribution in [1.82, 2.24) is 15.1 Å². The molecule has 0 bridgehead atoms. The lowest BCUT2D eigenvalue weighted by molar-refractivity contribution is -0.132. The Morgan fingerprint density at radius 1 is 1.31 bits per heavy atom. The van der Waals surface area contributed by atoms with E-state index in [1.807, 2.05) is 4.90 Å². The Bertz CT molecular complexity index is 744. The number of sulfone groups is 1. The van der Waals surface area contributed by atoms with Crippen LogP contribution < -0.4 is 5.32 Å². The summed E-state index contributed by atoms with van der Waals surface area (Å²) in [6.45, 7) is 4.26. The molecule has 1 saturated carbocycles. The van der Waals surface area contributed by atoms with Crippen molar-refractivity contribution in [3.8, 4) is 0 Å². The molecule has 1 aromatic heterocycles. The van der Waals surface area contributed by atoms with Gasteiger partial charge in [0.2, 0.25) is 11.0 Å². The highest BCUT2D eigenvalue weighted by Gasteiger charge is 2.38. The van der Waals surface area contributed by atoms with Crippen LogP contribution in [0.2, 0.25) is 0 Å². The van der Waals surface area contributed by atoms with Crippen LogP contribution >= 0.6 is 23.1 Å². The van der Waals surface area contributed by atoms with Crippen molar-refractivity contribution >= 4 is 44.0 Å². The number of aromatic nitrogens is 2. The minimum Gasteiger partial charge on any atom is -0.357 e. The Balaban J connectivity index is 1.62. The number of thioether (sulfide) groups is 1. The lowest BCUT2D eigenvalue weighted by atomic mass is 10.1. The highest BCUT2D eigenvalue weighted by atomic mass is 32.2. The first kappa shape index (κ1) is 19.6. The zero-order valence-electron chi connectivity index (χ0n) is 14.6. The second-order valence-corrected chi connectivity index (χ2v) is 11.1. The van der Waals surface area contributed by atoms with Gasteiger partial charge in [0.25, 0.3) is 0 Å². The summed E-state index contributed by atoms with van der Waals surface area (Å²) in [4.78, 5) is 14.8. The molecule has 0 spiro atoms. The summed E-state index contributed by atoms with van der Waals surface area (Å²) >= 11 is 2.77. The van der Waals surface area contributed by atoms with Gasteiger partial charge in [-0.05, 0) is 19.3 Å². The summed E-state index contributed by atoms with van der Waals surface area (Å²) in [7, 11) is -3.01. The van der Waals surface area contributed by atoms with E-state index in [0.717, 1.165) is 30.0 Å². The molecule has 1 amide bonds. The standard InChI is InChI=1S/C16H24N4O3S3/c1-2-8-17-15-18-19-16(25-15)24-10-14(21)20(12-5-3-4-6-12)13-7-9-26(22,23)11-13/h2,12-13H,1,3-11H2,(H,17,18)/t13-/m0/s1. The van der Waals surface area contributed by atoms with Crippen LogP contribution in [0.25, 0.3) is 0 Å². The fourth-order valence-corrected chi connectivity index (χ4v) is 6.92. The maximum Gasteiger partial charge on any atom is 0.233 e. The maximum atomic E-state index is 12.9. The van der Waals surface area contributed by atoms with Gasteiger partial charge >= 0.3 is 0 Å². The average Bonchev–Trinajstić information content (AvgIpc) is 3.33. The zero-order valence-corrected chi connectivity index (χ0v) is 17.0. The van der Waals surface area contributed by atoms with Crippen LogP contribution in [-0.2, 0) is 14.6 Å². The van der Waals surface area contributed by atoms with Gasteiger partial charge < -0.3 is 10.2 Å². The third-order valence-electron chi connectivity index (χ3n) is 4.73. The molecule has 3 rings (SSSR count). The fraction of sp³-hybridized carbons (Fsp3) is 0.688. The molecule has 1 saturated heterocycles. The number of rotatable bonds is 8. The van der Waals surface area contributed by atoms with Crippen molar-refractivity contribution in [1.29, 1.82) is 0 Å². The van der Waals surface area contributed by atoms with Crippen molar-refractivity contribution < 1.29 is 13.2 Å². The van der Waals surface area contributed by atoms with Gasteiger partial charge in [0.1, 0.15) is 0 Å². The molecule has 0 unspecified atom stereocenters. The van der Waals surface area contributed by atoms with E-state index in [2.05, 4.69) is 22.1 Å². The summed E-state index contributed by atoms with van der Waals surface area (Å²) in [5.74, 6) is 0.577. The van der Waals surface area contributed by atoms with E-state index in [1.54, 1.807) is 6.08 Å².